The minimum Gasteiger partial charge on any atom is -0.320 e. The standard InChI is InChI=1S/C14H20N4O2S/c1-17-8-10-18(11-9-17)16-21(19,20)14-6-2-4-13(12-14)5-3-7-15/h2,4,6,12,16H,7-11,15H2,1H3. The van der Waals surface area contributed by atoms with Gasteiger partial charge in [-0.2, -0.15) is 0 Å². The van der Waals surface area contributed by atoms with Crippen LogP contribution < -0.4 is 10.6 Å². The number of nitrogens with one attached hydrogen (secondary N) is 1. The van der Waals surface area contributed by atoms with Gasteiger partial charge in [0.15, 0.2) is 0 Å². The van der Waals surface area contributed by atoms with Gasteiger partial charge in [0.05, 0.1) is 11.4 Å². The summed E-state index contributed by atoms with van der Waals surface area (Å²) in [4.78, 5) is 5.00. The highest BCUT2D eigenvalue weighted by atomic mass is 32.2. The topological polar surface area (TPSA) is 78.7 Å². The predicted molar refractivity (Wildman–Crippen MR) is 81.8 cm³/mol. The first-order valence-electron chi connectivity index (χ1n) is 6.76. The van der Waals surface area contributed by atoms with Gasteiger partial charge in [0.1, 0.15) is 0 Å². The molecule has 1 fully saturated rings. The minimum absolute atomic E-state index is 0.213. The second kappa shape index (κ2) is 7.02. The summed E-state index contributed by atoms with van der Waals surface area (Å²) in [6, 6.07) is 6.56. The molecule has 0 aromatic heterocycles. The smallest absolute Gasteiger partial charge is 0.253 e. The van der Waals surface area contributed by atoms with E-state index < -0.39 is 10.0 Å². The van der Waals surface area contributed by atoms with Crippen LogP contribution in [0.4, 0.5) is 0 Å². The minimum atomic E-state index is -3.57. The van der Waals surface area contributed by atoms with Gasteiger partial charge in [-0.15, -0.1) is 4.83 Å². The maximum Gasteiger partial charge on any atom is 0.253 e. The molecule has 0 radical (unpaired) electrons. The van der Waals surface area contributed by atoms with Crippen molar-refractivity contribution in [2.45, 2.75) is 4.90 Å². The highest BCUT2D eigenvalue weighted by molar-refractivity contribution is 7.89. The van der Waals surface area contributed by atoms with Gasteiger partial charge >= 0.3 is 0 Å². The number of benzene rings is 1. The number of hydrazine groups is 1. The number of hydrogen-bond acceptors (Lipinski definition) is 5. The molecule has 21 heavy (non-hydrogen) atoms. The summed E-state index contributed by atoms with van der Waals surface area (Å²) in [5.41, 5.74) is 5.96. The molecule has 1 aromatic rings. The van der Waals surface area contributed by atoms with Crippen LogP contribution in [-0.4, -0.2) is 58.1 Å². The van der Waals surface area contributed by atoms with Crippen molar-refractivity contribution in [2.24, 2.45) is 5.73 Å². The summed E-state index contributed by atoms with van der Waals surface area (Å²) < 4.78 is 24.7. The van der Waals surface area contributed by atoms with Crippen LogP contribution >= 0.6 is 0 Å². The van der Waals surface area contributed by atoms with Gasteiger partial charge in [-0.25, -0.2) is 13.4 Å². The summed E-state index contributed by atoms with van der Waals surface area (Å²) in [5, 5.41) is 1.73. The molecule has 0 amide bonds. The maximum atomic E-state index is 12.4. The molecule has 0 spiro atoms. The number of piperazine rings is 1. The molecule has 0 atom stereocenters. The molecule has 1 saturated heterocycles. The van der Waals surface area contributed by atoms with Crippen molar-refractivity contribution in [3.05, 3.63) is 29.8 Å². The molecule has 1 aromatic carbocycles. The van der Waals surface area contributed by atoms with Crippen molar-refractivity contribution in [3.63, 3.8) is 0 Å². The van der Waals surface area contributed by atoms with Crippen LogP contribution in [0.2, 0.25) is 0 Å². The lowest BCUT2D eigenvalue weighted by Crippen LogP contribution is -2.52. The molecule has 0 bridgehead atoms. The van der Waals surface area contributed by atoms with Crippen molar-refractivity contribution in [2.75, 3.05) is 39.8 Å². The summed E-state index contributed by atoms with van der Waals surface area (Å²) >= 11 is 0. The molecule has 6 nitrogen and oxygen atoms in total. The molecule has 0 unspecified atom stereocenters. The van der Waals surface area contributed by atoms with Crippen LogP contribution in [0.1, 0.15) is 5.56 Å². The van der Waals surface area contributed by atoms with E-state index in [9.17, 15) is 8.42 Å². The Labute approximate surface area is 125 Å². The van der Waals surface area contributed by atoms with E-state index in [-0.39, 0.29) is 11.4 Å². The first-order valence-corrected chi connectivity index (χ1v) is 8.24. The van der Waals surface area contributed by atoms with Crippen LogP contribution in [0.3, 0.4) is 0 Å². The summed E-state index contributed by atoms with van der Waals surface area (Å²) in [7, 11) is -1.55. The molecular formula is C14H20N4O2S. The summed E-state index contributed by atoms with van der Waals surface area (Å²) in [6.07, 6.45) is 0. The third-order valence-electron chi connectivity index (χ3n) is 3.23. The molecule has 0 saturated carbocycles. The average molecular weight is 308 g/mol. The highest BCUT2D eigenvalue weighted by Gasteiger charge is 2.21. The van der Waals surface area contributed by atoms with Gasteiger partial charge in [-0.1, -0.05) is 17.9 Å². The fourth-order valence-electron chi connectivity index (χ4n) is 2.01. The van der Waals surface area contributed by atoms with Crippen molar-refractivity contribution in [3.8, 4) is 11.8 Å². The first-order chi connectivity index (χ1) is 10.0. The Balaban J connectivity index is 2.12. The number of likely N-dealkylation sites (N-methyl/N-ethyl adjacent to an activating group) is 1. The number of sulfonamides is 1. The van der Waals surface area contributed by atoms with E-state index in [2.05, 4.69) is 21.6 Å². The third-order valence-corrected chi connectivity index (χ3v) is 4.60. The number of rotatable bonds is 3. The molecule has 3 N–H and O–H groups in total. The van der Waals surface area contributed by atoms with Crippen LogP contribution in [0.25, 0.3) is 0 Å². The van der Waals surface area contributed by atoms with Crippen LogP contribution in [0, 0.1) is 11.8 Å². The molecule has 7 heteroatoms. The van der Waals surface area contributed by atoms with Gasteiger partial charge in [-0.3, -0.25) is 0 Å². The van der Waals surface area contributed by atoms with E-state index in [1.807, 2.05) is 7.05 Å². The van der Waals surface area contributed by atoms with E-state index in [0.717, 1.165) is 13.1 Å². The van der Waals surface area contributed by atoms with E-state index in [4.69, 9.17) is 5.73 Å². The van der Waals surface area contributed by atoms with Crippen molar-refractivity contribution < 1.29 is 8.42 Å². The first kappa shape index (κ1) is 15.9. The van der Waals surface area contributed by atoms with E-state index in [1.165, 1.54) is 0 Å². The Morgan fingerprint density at radius 2 is 2.00 bits per heavy atom. The third kappa shape index (κ3) is 4.52. The molecule has 1 aliphatic heterocycles. The van der Waals surface area contributed by atoms with E-state index in [0.29, 0.717) is 18.7 Å². The SMILES string of the molecule is CN1CCN(NS(=O)(=O)c2cccc(C#CCN)c2)CC1. The molecule has 114 valence electrons. The zero-order chi connectivity index (χ0) is 15.3. The van der Waals surface area contributed by atoms with E-state index >= 15 is 0 Å². The second-order valence-corrected chi connectivity index (χ2v) is 6.58. The molecular weight excluding hydrogens is 288 g/mol. The number of hydrogen-bond donors (Lipinski definition) is 2. The zero-order valence-electron chi connectivity index (χ0n) is 12.0. The molecule has 1 heterocycles. The quantitative estimate of drug-likeness (QED) is 0.732. The van der Waals surface area contributed by atoms with Crippen molar-refractivity contribution in [1.29, 1.82) is 0 Å². The Hall–Kier alpha value is -1.43. The van der Waals surface area contributed by atoms with Gasteiger partial charge in [-0.05, 0) is 25.2 Å². The monoisotopic (exact) mass is 308 g/mol. The summed E-state index contributed by atoms with van der Waals surface area (Å²) in [5.74, 6) is 5.55. The van der Waals surface area contributed by atoms with Crippen molar-refractivity contribution in [1.82, 2.24) is 14.7 Å². The van der Waals surface area contributed by atoms with Gasteiger partial charge < -0.3 is 10.6 Å². The number of nitrogens with zero attached hydrogens (tertiary/aromatic N) is 2. The summed E-state index contributed by atoms with van der Waals surface area (Å²) in [6.45, 7) is 3.26. The zero-order valence-corrected chi connectivity index (χ0v) is 12.9. The van der Waals surface area contributed by atoms with Crippen LogP contribution in [0.15, 0.2) is 29.2 Å². The Kier molecular flexibility index (Phi) is 5.33. The average Bonchev–Trinajstić information content (AvgIpc) is 2.48. The lowest BCUT2D eigenvalue weighted by Gasteiger charge is -2.32. The lowest BCUT2D eigenvalue weighted by atomic mass is 10.2. The Morgan fingerprint density at radius 1 is 1.29 bits per heavy atom. The Morgan fingerprint density at radius 3 is 2.67 bits per heavy atom. The normalized spacial score (nSPS) is 17.2. The Bertz CT molecular complexity index is 640. The molecule has 0 aliphatic carbocycles. The maximum absolute atomic E-state index is 12.4. The van der Waals surface area contributed by atoms with Gasteiger partial charge in [0.25, 0.3) is 10.0 Å². The molecule has 2 rings (SSSR count). The van der Waals surface area contributed by atoms with E-state index in [1.54, 1.807) is 29.3 Å². The predicted octanol–water partition coefficient (Wildman–Crippen LogP) is -0.562. The highest BCUT2D eigenvalue weighted by Crippen LogP contribution is 2.12. The number of nitrogens with two attached hydrogens (primary N) is 1. The largest absolute Gasteiger partial charge is 0.320 e. The van der Waals surface area contributed by atoms with Crippen molar-refractivity contribution >= 4 is 10.0 Å². The van der Waals surface area contributed by atoms with Crippen LogP contribution in [-0.2, 0) is 10.0 Å². The molecule has 1 aliphatic rings. The fourth-order valence-corrected chi connectivity index (χ4v) is 3.18. The van der Waals surface area contributed by atoms with Gasteiger partial charge in [0.2, 0.25) is 0 Å². The second-order valence-electron chi connectivity index (χ2n) is 4.92. The fraction of sp³-hybridized carbons (Fsp3) is 0.429. The van der Waals surface area contributed by atoms with Gasteiger partial charge in [0, 0.05) is 31.7 Å². The van der Waals surface area contributed by atoms with Crippen LogP contribution in [0.5, 0.6) is 0 Å². The lowest BCUT2D eigenvalue weighted by molar-refractivity contribution is 0.135.